The van der Waals surface area contributed by atoms with Gasteiger partial charge < -0.3 is 5.73 Å². The molecule has 0 aromatic heterocycles. The highest BCUT2D eigenvalue weighted by atomic mass is 127. The van der Waals surface area contributed by atoms with Gasteiger partial charge in [0.05, 0.1) is 10.7 Å². The molecule has 0 fully saturated rings. The molecule has 0 aliphatic carbocycles. The summed E-state index contributed by atoms with van der Waals surface area (Å²) in [5, 5.41) is 0.105. The van der Waals surface area contributed by atoms with E-state index in [-0.39, 0.29) is 14.9 Å². The van der Waals surface area contributed by atoms with Crippen molar-refractivity contribution in [2.24, 2.45) is 5.73 Å². The number of nitrogens with one attached hydrogen (secondary N) is 1. The lowest BCUT2D eigenvalue weighted by Gasteiger charge is -2.12. The predicted octanol–water partition coefficient (Wildman–Crippen LogP) is 3.38. The lowest BCUT2D eigenvalue weighted by atomic mass is 10.2. The van der Waals surface area contributed by atoms with Gasteiger partial charge in [0, 0.05) is 9.13 Å². The number of hydrogen-bond acceptors (Lipinski definition) is 3. The molecule has 0 spiro atoms. The van der Waals surface area contributed by atoms with Crippen LogP contribution >= 0.6 is 46.4 Å². The fourth-order valence-corrected chi connectivity index (χ4v) is 4.05. The fourth-order valence-electron chi connectivity index (χ4n) is 1.61. The van der Waals surface area contributed by atoms with Crippen molar-refractivity contribution in [3.63, 3.8) is 0 Å². The number of anilines is 1. The van der Waals surface area contributed by atoms with E-state index in [0.29, 0.717) is 11.3 Å². The Balaban J connectivity index is 2.47. The smallest absolute Gasteiger partial charge is 0.263 e. The van der Waals surface area contributed by atoms with Crippen LogP contribution in [0.1, 0.15) is 5.56 Å². The van der Waals surface area contributed by atoms with Crippen LogP contribution in [0.15, 0.2) is 47.4 Å². The Kier molecular flexibility index (Phi) is 5.07. The third kappa shape index (κ3) is 3.85. The topological polar surface area (TPSA) is 72.2 Å². The second kappa shape index (κ2) is 6.47. The van der Waals surface area contributed by atoms with Crippen LogP contribution in [0.4, 0.5) is 5.69 Å². The normalized spacial score (nSPS) is 11.1. The zero-order chi connectivity index (χ0) is 15.6. The zero-order valence-corrected chi connectivity index (χ0v) is 15.1. The summed E-state index contributed by atoms with van der Waals surface area (Å²) >= 11 is 12.9. The molecule has 4 nitrogen and oxygen atoms in total. The summed E-state index contributed by atoms with van der Waals surface area (Å²) in [6.07, 6.45) is 0. The first-order chi connectivity index (χ1) is 9.81. The molecule has 0 heterocycles. The minimum Gasteiger partial charge on any atom is -0.389 e. The van der Waals surface area contributed by atoms with Crippen molar-refractivity contribution < 1.29 is 8.42 Å². The molecule has 0 saturated carbocycles. The average Bonchev–Trinajstić information content (AvgIpc) is 2.41. The van der Waals surface area contributed by atoms with Crippen LogP contribution in [0.2, 0.25) is 5.02 Å². The lowest BCUT2D eigenvalue weighted by molar-refractivity contribution is 0.601. The quantitative estimate of drug-likeness (QED) is 0.551. The Bertz CT molecular complexity index is 810. The van der Waals surface area contributed by atoms with Gasteiger partial charge in [-0.3, -0.25) is 4.72 Å². The number of nitrogens with two attached hydrogens (primary N) is 1. The largest absolute Gasteiger partial charge is 0.389 e. The summed E-state index contributed by atoms with van der Waals surface area (Å²) in [5.41, 5.74) is 6.45. The Morgan fingerprint density at radius 1 is 1.24 bits per heavy atom. The van der Waals surface area contributed by atoms with E-state index < -0.39 is 10.0 Å². The van der Waals surface area contributed by atoms with Gasteiger partial charge >= 0.3 is 0 Å². The molecule has 21 heavy (non-hydrogen) atoms. The molecule has 2 rings (SSSR count). The Morgan fingerprint density at radius 2 is 1.90 bits per heavy atom. The van der Waals surface area contributed by atoms with Gasteiger partial charge in [-0.2, -0.15) is 0 Å². The molecule has 8 heteroatoms. The summed E-state index contributed by atoms with van der Waals surface area (Å²) in [6, 6.07) is 11.4. The molecule has 0 atom stereocenters. The van der Waals surface area contributed by atoms with Gasteiger partial charge in [0.2, 0.25) is 0 Å². The molecule has 3 N–H and O–H groups in total. The minimum atomic E-state index is -3.82. The van der Waals surface area contributed by atoms with E-state index in [1.807, 2.05) is 28.7 Å². The summed E-state index contributed by atoms with van der Waals surface area (Å²) in [4.78, 5) is 0.0477. The van der Waals surface area contributed by atoms with Crippen molar-refractivity contribution in [3.05, 3.63) is 56.6 Å². The Labute approximate surface area is 146 Å². The first kappa shape index (κ1) is 16.5. The highest BCUT2D eigenvalue weighted by molar-refractivity contribution is 14.1. The number of thiocarbonyl (C=S) groups is 1. The zero-order valence-electron chi connectivity index (χ0n) is 10.5. The first-order valence-corrected chi connectivity index (χ1v) is 9.03. The summed E-state index contributed by atoms with van der Waals surface area (Å²) in [6.45, 7) is 0. The van der Waals surface area contributed by atoms with Crippen molar-refractivity contribution in [1.29, 1.82) is 0 Å². The number of sulfonamides is 1. The summed E-state index contributed by atoms with van der Waals surface area (Å²) in [7, 11) is -3.82. The van der Waals surface area contributed by atoms with E-state index in [1.165, 1.54) is 12.1 Å². The lowest BCUT2D eigenvalue weighted by Crippen LogP contribution is -2.16. The summed E-state index contributed by atoms with van der Waals surface area (Å²) in [5.74, 6) is 0. The van der Waals surface area contributed by atoms with Crippen molar-refractivity contribution in [2.75, 3.05) is 4.72 Å². The number of hydrogen-bond donors (Lipinski definition) is 2. The molecule has 0 aliphatic heterocycles. The minimum absolute atomic E-state index is 0.0610. The van der Waals surface area contributed by atoms with Crippen molar-refractivity contribution in [3.8, 4) is 0 Å². The molecule has 0 radical (unpaired) electrons. The number of rotatable bonds is 4. The van der Waals surface area contributed by atoms with Crippen LogP contribution < -0.4 is 10.5 Å². The summed E-state index contributed by atoms with van der Waals surface area (Å²) < 4.78 is 28.2. The van der Waals surface area contributed by atoms with Crippen LogP contribution in [0, 0.1) is 3.57 Å². The number of benzene rings is 2. The third-order valence-electron chi connectivity index (χ3n) is 2.62. The van der Waals surface area contributed by atoms with Gasteiger partial charge in [0.15, 0.2) is 0 Å². The first-order valence-electron chi connectivity index (χ1n) is 5.68. The Morgan fingerprint density at radius 3 is 2.52 bits per heavy atom. The molecule has 0 bridgehead atoms. The molecule has 2 aromatic rings. The number of halogens is 2. The highest BCUT2D eigenvalue weighted by Gasteiger charge is 2.20. The molecular formula is C13H10ClIN2O2S2. The predicted molar refractivity (Wildman–Crippen MR) is 97.3 cm³/mol. The maximum atomic E-state index is 12.5. The molecule has 0 unspecified atom stereocenters. The van der Waals surface area contributed by atoms with Gasteiger partial charge in [-0.1, -0.05) is 42.0 Å². The third-order valence-corrected chi connectivity index (χ3v) is 5.65. The van der Waals surface area contributed by atoms with Crippen LogP contribution in [-0.2, 0) is 10.0 Å². The SMILES string of the molecule is NC(=S)c1ccc(Cl)c(S(=O)(=O)Nc2ccccc2I)c1. The second-order valence-electron chi connectivity index (χ2n) is 4.09. The van der Waals surface area contributed by atoms with Crippen molar-refractivity contribution >= 4 is 67.1 Å². The number of para-hydroxylation sites is 1. The van der Waals surface area contributed by atoms with Gasteiger partial charge in [-0.25, -0.2) is 8.42 Å². The van der Waals surface area contributed by atoms with Gasteiger partial charge in [-0.15, -0.1) is 0 Å². The van der Waals surface area contributed by atoms with Gasteiger partial charge in [-0.05, 0) is 46.9 Å². The standard InChI is InChI=1S/C13H10ClIN2O2S2/c14-9-6-5-8(13(16)20)7-12(9)21(18,19)17-11-4-2-1-3-10(11)15/h1-7,17H,(H2,16,20). The molecule has 110 valence electrons. The van der Waals surface area contributed by atoms with Crippen molar-refractivity contribution in [2.45, 2.75) is 4.90 Å². The second-order valence-corrected chi connectivity index (χ2v) is 7.75. The van der Waals surface area contributed by atoms with Crippen LogP contribution in [0.3, 0.4) is 0 Å². The maximum absolute atomic E-state index is 12.5. The fraction of sp³-hybridized carbons (Fsp3) is 0. The molecule has 2 aromatic carbocycles. The van der Waals surface area contributed by atoms with Crippen LogP contribution in [0.5, 0.6) is 0 Å². The highest BCUT2D eigenvalue weighted by Crippen LogP contribution is 2.26. The van der Waals surface area contributed by atoms with Gasteiger partial charge in [0.1, 0.15) is 9.88 Å². The van der Waals surface area contributed by atoms with Crippen LogP contribution in [0.25, 0.3) is 0 Å². The van der Waals surface area contributed by atoms with E-state index >= 15 is 0 Å². The average molecular weight is 453 g/mol. The van der Waals surface area contributed by atoms with E-state index in [9.17, 15) is 8.42 Å². The van der Waals surface area contributed by atoms with Gasteiger partial charge in [0.25, 0.3) is 10.0 Å². The van der Waals surface area contributed by atoms with E-state index in [0.717, 1.165) is 3.57 Å². The molecule has 0 amide bonds. The monoisotopic (exact) mass is 452 g/mol. The van der Waals surface area contributed by atoms with Crippen molar-refractivity contribution in [1.82, 2.24) is 0 Å². The maximum Gasteiger partial charge on any atom is 0.263 e. The van der Waals surface area contributed by atoms with E-state index in [4.69, 9.17) is 29.6 Å². The molecular weight excluding hydrogens is 443 g/mol. The Hall–Kier alpha value is -0.900. The molecule has 0 saturated heterocycles. The van der Waals surface area contributed by atoms with E-state index in [1.54, 1.807) is 24.3 Å². The van der Waals surface area contributed by atoms with E-state index in [2.05, 4.69) is 4.72 Å². The molecule has 0 aliphatic rings. The van der Waals surface area contributed by atoms with Crippen LogP contribution in [-0.4, -0.2) is 13.4 Å².